The van der Waals surface area contributed by atoms with E-state index < -0.39 is 0 Å². The summed E-state index contributed by atoms with van der Waals surface area (Å²) < 4.78 is 15.6. The van der Waals surface area contributed by atoms with E-state index in [1.165, 1.54) is 11.8 Å². The van der Waals surface area contributed by atoms with Crippen molar-refractivity contribution < 1.29 is 18.8 Å². The second kappa shape index (κ2) is 5.47. The smallest absolute Gasteiger partial charge is 0.292 e. The lowest BCUT2D eigenvalue weighted by atomic mass is 9.98. The van der Waals surface area contributed by atoms with Crippen molar-refractivity contribution in [3.63, 3.8) is 0 Å². The minimum Gasteiger partial charge on any atom is -0.493 e. The highest BCUT2D eigenvalue weighted by Gasteiger charge is 2.25. The molecule has 0 saturated carbocycles. The molecule has 6 nitrogen and oxygen atoms in total. The van der Waals surface area contributed by atoms with Gasteiger partial charge in [0.05, 0.1) is 20.4 Å². The molecule has 21 heavy (non-hydrogen) atoms. The van der Waals surface area contributed by atoms with Crippen LogP contribution in [0, 0.1) is 0 Å². The number of amides is 1. The number of benzene rings is 1. The number of ether oxygens (including phenoxy) is 2. The molecule has 3 rings (SSSR count). The van der Waals surface area contributed by atoms with Crippen LogP contribution in [0.5, 0.6) is 11.5 Å². The number of rotatable bonds is 3. The van der Waals surface area contributed by atoms with E-state index in [0.717, 1.165) is 12.0 Å². The maximum atomic E-state index is 12.3. The zero-order valence-electron chi connectivity index (χ0n) is 12.0. The Hall–Kier alpha value is -2.50. The standard InChI is InChI=1S/C15H16N2O4/c1-19-13-7-10-4-6-17(9-11(10)8-14(13)20-2)15(18)12-3-5-16-21-12/h3,5,7-8H,4,6,9H2,1-2H3. The Bertz CT molecular complexity index is 652. The Morgan fingerprint density at radius 1 is 1.24 bits per heavy atom. The highest BCUT2D eigenvalue weighted by molar-refractivity contribution is 5.91. The van der Waals surface area contributed by atoms with Crippen LogP contribution in [0.25, 0.3) is 0 Å². The third kappa shape index (κ3) is 2.44. The van der Waals surface area contributed by atoms with Gasteiger partial charge in [-0.05, 0) is 29.7 Å². The molecule has 1 amide bonds. The summed E-state index contributed by atoms with van der Waals surface area (Å²) in [7, 11) is 3.22. The van der Waals surface area contributed by atoms with Crippen molar-refractivity contribution in [2.24, 2.45) is 0 Å². The van der Waals surface area contributed by atoms with Gasteiger partial charge in [0.25, 0.3) is 5.91 Å². The first-order valence-corrected chi connectivity index (χ1v) is 6.66. The van der Waals surface area contributed by atoms with Gasteiger partial charge < -0.3 is 18.9 Å². The first kappa shape index (κ1) is 13.5. The molecule has 1 aliphatic heterocycles. The highest BCUT2D eigenvalue weighted by Crippen LogP contribution is 2.33. The van der Waals surface area contributed by atoms with Crippen molar-refractivity contribution in [3.05, 3.63) is 41.3 Å². The molecule has 0 saturated heterocycles. The van der Waals surface area contributed by atoms with Crippen LogP contribution in [-0.2, 0) is 13.0 Å². The molecule has 0 radical (unpaired) electrons. The number of carbonyl (C=O) groups excluding carboxylic acids is 1. The van der Waals surface area contributed by atoms with Gasteiger partial charge in [0, 0.05) is 19.2 Å². The number of fused-ring (bicyclic) bond motifs is 1. The molecule has 2 aromatic rings. The fraction of sp³-hybridized carbons (Fsp3) is 0.333. The van der Waals surface area contributed by atoms with Crippen LogP contribution in [0.1, 0.15) is 21.7 Å². The third-order valence-corrected chi connectivity index (χ3v) is 3.65. The summed E-state index contributed by atoms with van der Waals surface area (Å²) in [4.78, 5) is 14.0. The molecule has 6 heteroatoms. The zero-order valence-corrected chi connectivity index (χ0v) is 12.0. The maximum absolute atomic E-state index is 12.3. The van der Waals surface area contributed by atoms with E-state index in [1.54, 1.807) is 25.2 Å². The fourth-order valence-corrected chi connectivity index (χ4v) is 2.54. The lowest BCUT2D eigenvalue weighted by Crippen LogP contribution is -2.35. The lowest BCUT2D eigenvalue weighted by molar-refractivity contribution is 0.0692. The lowest BCUT2D eigenvalue weighted by Gasteiger charge is -2.28. The molecule has 1 aromatic carbocycles. The Morgan fingerprint density at radius 3 is 2.57 bits per heavy atom. The van der Waals surface area contributed by atoms with E-state index >= 15 is 0 Å². The van der Waals surface area contributed by atoms with Crippen LogP contribution >= 0.6 is 0 Å². The van der Waals surface area contributed by atoms with Gasteiger partial charge in [-0.15, -0.1) is 0 Å². The van der Waals surface area contributed by atoms with E-state index in [0.29, 0.717) is 24.6 Å². The first-order chi connectivity index (χ1) is 10.2. The van der Waals surface area contributed by atoms with Gasteiger partial charge in [0.2, 0.25) is 5.76 Å². The number of nitrogens with zero attached hydrogens (tertiary/aromatic N) is 2. The molecular weight excluding hydrogens is 272 g/mol. The molecule has 1 aromatic heterocycles. The van der Waals surface area contributed by atoms with Crippen LogP contribution in [0.3, 0.4) is 0 Å². The summed E-state index contributed by atoms with van der Waals surface area (Å²) in [5.74, 6) is 1.50. The average molecular weight is 288 g/mol. The summed E-state index contributed by atoms with van der Waals surface area (Å²) in [6.45, 7) is 1.16. The monoisotopic (exact) mass is 288 g/mol. The largest absolute Gasteiger partial charge is 0.493 e. The molecule has 110 valence electrons. The molecule has 0 spiro atoms. The molecule has 0 aliphatic carbocycles. The average Bonchev–Trinajstić information content (AvgIpc) is 3.06. The topological polar surface area (TPSA) is 64.8 Å². The van der Waals surface area contributed by atoms with Crippen LogP contribution in [0.15, 0.2) is 28.9 Å². The normalized spacial score (nSPS) is 13.7. The summed E-state index contributed by atoms with van der Waals surface area (Å²) in [5, 5.41) is 3.57. The van der Waals surface area contributed by atoms with Gasteiger partial charge in [0.1, 0.15) is 0 Å². The van der Waals surface area contributed by atoms with E-state index in [2.05, 4.69) is 5.16 Å². The summed E-state index contributed by atoms with van der Waals surface area (Å²) in [6, 6.07) is 5.48. The van der Waals surface area contributed by atoms with E-state index in [9.17, 15) is 4.79 Å². The van der Waals surface area contributed by atoms with Crippen molar-refractivity contribution in [1.29, 1.82) is 0 Å². The molecule has 0 fully saturated rings. The van der Waals surface area contributed by atoms with Crippen molar-refractivity contribution >= 4 is 5.91 Å². The molecule has 0 N–H and O–H groups in total. The summed E-state index contributed by atoms with van der Waals surface area (Å²) in [6.07, 6.45) is 2.24. The fourth-order valence-electron chi connectivity index (χ4n) is 2.54. The van der Waals surface area contributed by atoms with E-state index in [4.69, 9.17) is 14.0 Å². The number of aromatic nitrogens is 1. The van der Waals surface area contributed by atoms with Gasteiger partial charge in [-0.3, -0.25) is 4.79 Å². The minimum absolute atomic E-state index is 0.145. The van der Waals surface area contributed by atoms with Gasteiger partial charge in [-0.2, -0.15) is 0 Å². The van der Waals surface area contributed by atoms with E-state index in [1.807, 2.05) is 12.1 Å². The van der Waals surface area contributed by atoms with E-state index in [-0.39, 0.29) is 11.7 Å². The number of methoxy groups -OCH3 is 2. The number of hydrogen-bond acceptors (Lipinski definition) is 5. The van der Waals surface area contributed by atoms with Crippen molar-refractivity contribution in [2.75, 3.05) is 20.8 Å². The number of hydrogen-bond donors (Lipinski definition) is 0. The molecule has 1 aliphatic rings. The quantitative estimate of drug-likeness (QED) is 0.863. The molecule has 0 unspecified atom stereocenters. The molecule has 0 bridgehead atoms. The Labute approximate surface area is 122 Å². The Balaban J connectivity index is 1.86. The SMILES string of the molecule is COc1cc2c(cc1OC)CN(C(=O)c1ccno1)CC2. The van der Waals surface area contributed by atoms with Gasteiger partial charge in [-0.25, -0.2) is 0 Å². The summed E-state index contributed by atoms with van der Waals surface area (Å²) in [5.41, 5.74) is 2.24. The summed E-state index contributed by atoms with van der Waals surface area (Å²) >= 11 is 0. The molecular formula is C15H16N2O4. The first-order valence-electron chi connectivity index (χ1n) is 6.66. The molecule has 0 atom stereocenters. The van der Waals surface area contributed by atoms with Gasteiger partial charge in [0.15, 0.2) is 11.5 Å². The molecule has 2 heterocycles. The van der Waals surface area contributed by atoms with Gasteiger partial charge in [-0.1, -0.05) is 5.16 Å². The predicted octanol–water partition coefficient (Wildman–Crippen LogP) is 1.89. The van der Waals surface area contributed by atoms with Crippen LogP contribution < -0.4 is 9.47 Å². The van der Waals surface area contributed by atoms with Crippen LogP contribution in [0.2, 0.25) is 0 Å². The minimum atomic E-state index is -0.145. The second-order valence-corrected chi connectivity index (χ2v) is 4.83. The van der Waals surface area contributed by atoms with Crippen LogP contribution in [0.4, 0.5) is 0 Å². The van der Waals surface area contributed by atoms with Crippen molar-refractivity contribution in [1.82, 2.24) is 10.1 Å². The zero-order chi connectivity index (χ0) is 14.8. The van der Waals surface area contributed by atoms with Crippen molar-refractivity contribution in [2.45, 2.75) is 13.0 Å². The Kier molecular flexibility index (Phi) is 3.51. The van der Waals surface area contributed by atoms with Crippen molar-refractivity contribution in [3.8, 4) is 11.5 Å². The van der Waals surface area contributed by atoms with Crippen LogP contribution in [-0.4, -0.2) is 36.7 Å². The third-order valence-electron chi connectivity index (χ3n) is 3.65. The number of carbonyl (C=O) groups is 1. The second-order valence-electron chi connectivity index (χ2n) is 4.83. The van der Waals surface area contributed by atoms with Gasteiger partial charge >= 0.3 is 0 Å². The highest BCUT2D eigenvalue weighted by atomic mass is 16.5. The predicted molar refractivity (Wildman–Crippen MR) is 74.5 cm³/mol. The maximum Gasteiger partial charge on any atom is 0.292 e. The Morgan fingerprint density at radius 2 is 1.95 bits per heavy atom.